The smallest absolute Gasteiger partial charge is 0.406 e. The fourth-order valence-corrected chi connectivity index (χ4v) is 3.70. The van der Waals surface area contributed by atoms with Gasteiger partial charge in [0, 0.05) is 36.5 Å². The number of alkyl halides is 3. The van der Waals surface area contributed by atoms with E-state index in [1.54, 1.807) is 11.7 Å². The van der Waals surface area contributed by atoms with Gasteiger partial charge in [-0.1, -0.05) is 0 Å². The van der Waals surface area contributed by atoms with Crippen LogP contribution in [0.15, 0.2) is 40.8 Å². The number of pyridine rings is 1. The van der Waals surface area contributed by atoms with Crippen LogP contribution in [-0.2, 0) is 0 Å². The maximum Gasteiger partial charge on any atom is 0.573 e. The van der Waals surface area contributed by atoms with Crippen LogP contribution < -0.4 is 21.1 Å². The molecule has 1 fully saturated rings. The minimum Gasteiger partial charge on any atom is -0.406 e. The predicted octanol–water partition coefficient (Wildman–Crippen LogP) is 2.54. The van der Waals surface area contributed by atoms with Gasteiger partial charge in [-0.05, 0) is 24.3 Å². The molecule has 1 aliphatic rings. The van der Waals surface area contributed by atoms with Crippen LogP contribution in [0.3, 0.4) is 0 Å². The molecule has 1 aliphatic heterocycles. The van der Waals surface area contributed by atoms with Crippen molar-refractivity contribution in [2.45, 2.75) is 12.3 Å². The molecule has 2 aromatic heterocycles. The van der Waals surface area contributed by atoms with Crippen molar-refractivity contribution in [2.75, 3.05) is 13.1 Å². The van der Waals surface area contributed by atoms with E-state index in [1.807, 2.05) is 0 Å². The zero-order valence-electron chi connectivity index (χ0n) is 13.2. The fourth-order valence-electron chi connectivity index (χ4n) is 2.95. The van der Waals surface area contributed by atoms with Gasteiger partial charge < -0.3 is 4.74 Å². The number of nitrogens with zero attached hydrogens (tertiary/aromatic N) is 2. The number of hydrogen-bond donors (Lipinski definition) is 2. The number of thiazole rings is 1. The molecule has 3 aromatic rings. The van der Waals surface area contributed by atoms with E-state index in [-0.39, 0.29) is 17.2 Å². The first-order valence-corrected chi connectivity index (χ1v) is 8.61. The van der Waals surface area contributed by atoms with Gasteiger partial charge in [-0.15, -0.1) is 24.5 Å². The Kier molecular flexibility index (Phi) is 4.17. The highest BCUT2D eigenvalue weighted by atomic mass is 32.1. The molecule has 0 amide bonds. The number of benzene rings is 1. The van der Waals surface area contributed by atoms with Gasteiger partial charge in [0.05, 0.1) is 11.0 Å². The second-order valence-electron chi connectivity index (χ2n) is 5.79. The van der Waals surface area contributed by atoms with Crippen molar-refractivity contribution in [3.8, 4) is 11.4 Å². The summed E-state index contributed by atoms with van der Waals surface area (Å²) < 4.78 is 42.7. The van der Waals surface area contributed by atoms with E-state index in [9.17, 15) is 18.0 Å². The molecule has 0 unspecified atom stereocenters. The third-order valence-corrected chi connectivity index (χ3v) is 4.95. The quantitative estimate of drug-likeness (QED) is 0.729. The van der Waals surface area contributed by atoms with Gasteiger partial charge in [-0.3, -0.25) is 20.2 Å². The summed E-state index contributed by atoms with van der Waals surface area (Å²) in [5.74, 6) is -0.197. The molecule has 6 nitrogen and oxygen atoms in total. The molecule has 0 atom stereocenters. The molecule has 3 heterocycles. The highest BCUT2D eigenvalue weighted by Crippen LogP contribution is 2.28. The van der Waals surface area contributed by atoms with Crippen molar-refractivity contribution in [2.24, 2.45) is 0 Å². The van der Waals surface area contributed by atoms with E-state index in [0.29, 0.717) is 29.0 Å². The van der Waals surface area contributed by atoms with Crippen LogP contribution in [0, 0.1) is 0 Å². The van der Waals surface area contributed by atoms with Crippen molar-refractivity contribution >= 4 is 21.6 Å². The van der Waals surface area contributed by atoms with Crippen LogP contribution in [0.4, 0.5) is 13.2 Å². The number of rotatable bonds is 3. The Balaban J connectivity index is 1.78. The van der Waals surface area contributed by atoms with Gasteiger partial charge in [-0.2, -0.15) is 0 Å². The van der Waals surface area contributed by atoms with Gasteiger partial charge in [-0.25, -0.2) is 4.98 Å². The molecule has 0 radical (unpaired) electrons. The van der Waals surface area contributed by atoms with E-state index in [0.717, 1.165) is 5.56 Å². The highest BCUT2D eigenvalue weighted by Gasteiger charge is 2.31. The lowest BCUT2D eigenvalue weighted by Gasteiger charge is -2.14. The van der Waals surface area contributed by atoms with Gasteiger partial charge >= 0.3 is 6.36 Å². The third kappa shape index (κ3) is 3.18. The lowest BCUT2D eigenvalue weighted by molar-refractivity contribution is -0.274. The standard InChI is InChI=1S/C16H13F3N4O2S/c17-16(18,19)25-11-3-1-10(2-4-11)23-7-12(9-5-21-22-6-9)13-14(15(23)24)26-8-20-13/h1-4,7-9,21-22H,5-6H2. The van der Waals surface area contributed by atoms with Crippen molar-refractivity contribution in [1.82, 2.24) is 20.4 Å². The Morgan fingerprint density at radius 1 is 1.19 bits per heavy atom. The predicted molar refractivity (Wildman–Crippen MR) is 90.6 cm³/mol. The number of aromatic nitrogens is 2. The summed E-state index contributed by atoms with van der Waals surface area (Å²) in [5, 5.41) is 0. The van der Waals surface area contributed by atoms with Crippen LogP contribution in [-0.4, -0.2) is 29.0 Å². The second kappa shape index (κ2) is 6.38. The minimum atomic E-state index is -4.75. The Hall–Kier alpha value is -2.43. The Bertz CT molecular complexity index is 991. The maximum absolute atomic E-state index is 12.8. The normalized spacial score (nSPS) is 15.7. The van der Waals surface area contributed by atoms with Crippen molar-refractivity contribution < 1.29 is 17.9 Å². The molecule has 0 aliphatic carbocycles. The zero-order chi connectivity index (χ0) is 18.3. The molecule has 136 valence electrons. The van der Waals surface area contributed by atoms with Gasteiger partial charge in [0.1, 0.15) is 10.4 Å². The Morgan fingerprint density at radius 2 is 1.88 bits per heavy atom. The summed E-state index contributed by atoms with van der Waals surface area (Å²) in [6.45, 7) is 1.40. The average molecular weight is 382 g/mol. The summed E-state index contributed by atoms with van der Waals surface area (Å²) in [4.78, 5) is 17.1. The lowest BCUT2D eigenvalue weighted by atomic mass is 10.0. The van der Waals surface area contributed by atoms with Gasteiger partial charge in [0.25, 0.3) is 5.56 Å². The summed E-state index contributed by atoms with van der Waals surface area (Å²) in [5.41, 5.74) is 9.50. The first-order valence-electron chi connectivity index (χ1n) is 7.73. The number of ether oxygens (including phenoxy) is 1. The molecule has 0 saturated carbocycles. The number of nitrogens with one attached hydrogen (secondary N) is 2. The van der Waals surface area contributed by atoms with Crippen LogP contribution in [0.1, 0.15) is 11.5 Å². The molecule has 1 saturated heterocycles. The first kappa shape index (κ1) is 17.0. The molecule has 0 bridgehead atoms. The number of hydrazine groups is 1. The van der Waals surface area contributed by atoms with Crippen molar-refractivity contribution in [3.05, 3.63) is 51.9 Å². The summed E-state index contributed by atoms with van der Waals surface area (Å²) >= 11 is 1.25. The summed E-state index contributed by atoms with van der Waals surface area (Å²) in [6, 6.07) is 5.21. The molecule has 4 rings (SSSR count). The highest BCUT2D eigenvalue weighted by molar-refractivity contribution is 7.16. The SMILES string of the molecule is O=c1c2scnc2c(C2CNNC2)cn1-c1ccc(OC(F)(F)F)cc1. The van der Waals surface area contributed by atoms with Gasteiger partial charge in [0.2, 0.25) is 0 Å². The molecule has 1 aromatic carbocycles. The molecular weight excluding hydrogens is 369 g/mol. The lowest BCUT2D eigenvalue weighted by Crippen LogP contribution is -2.21. The topological polar surface area (TPSA) is 68.2 Å². The van der Waals surface area contributed by atoms with Crippen LogP contribution >= 0.6 is 11.3 Å². The Labute approximate surface area is 149 Å². The minimum absolute atomic E-state index is 0.138. The fraction of sp³-hybridized carbons (Fsp3) is 0.250. The van der Waals surface area contributed by atoms with Crippen LogP contribution in [0.5, 0.6) is 5.75 Å². The van der Waals surface area contributed by atoms with E-state index < -0.39 is 6.36 Å². The molecule has 10 heteroatoms. The average Bonchev–Trinajstić information content (AvgIpc) is 3.27. The maximum atomic E-state index is 12.8. The van der Waals surface area contributed by atoms with Crippen LogP contribution in [0.2, 0.25) is 0 Å². The summed E-state index contributed by atoms with van der Waals surface area (Å²) in [6.07, 6.45) is -3.04. The van der Waals surface area contributed by atoms with Gasteiger partial charge in [0.15, 0.2) is 0 Å². The molecule has 2 N–H and O–H groups in total. The number of halogens is 3. The zero-order valence-corrected chi connectivity index (χ0v) is 14.0. The summed E-state index contributed by atoms with van der Waals surface area (Å²) in [7, 11) is 0. The van der Waals surface area contributed by atoms with E-state index >= 15 is 0 Å². The van der Waals surface area contributed by atoms with Crippen LogP contribution in [0.25, 0.3) is 15.9 Å². The molecule has 0 spiro atoms. The van der Waals surface area contributed by atoms with Crippen molar-refractivity contribution in [3.63, 3.8) is 0 Å². The third-order valence-electron chi connectivity index (χ3n) is 4.13. The van der Waals surface area contributed by atoms with Crippen molar-refractivity contribution in [1.29, 1.82) is 0 Å². The monoisotopic (exact) mass is 382 g/mol. The van der Waals surface area contributed by atoms with E-state index in [1.165, 1.54) is 40.2 Å². The van der Waals surface area contributed by atoms with E-state index in [4.69, 9.17) is 0 Å². The number of hydrogen-bond acceptors (Lipinski definition) is 6. The molecule has 26 heavy (non-hydrogen) atoms. The number of fused-ring (bicyclic) bond motifs is 1. The largest absolute Gasteiger partial charge is 0.573 e. The Morgan fingerprint density at radius 3 is 2.54 bits per heavy atom. The molecular formula is C16H13F3N4O2S. The van der Waals surface area contributed by atoms with E-state index in [2.05, 4.69) is 20.6 Å². The second-order valence-corrected chi connectivity index (χ2v) is 6.64. The first-order chi connectivity index (χ1) is 12.4.